The van der Waals surface area contributed by atoms with Crippen LogP contribution in [0.5, 0.6) is 0 Å². The highest BCUT2D eigenvalue weighted by Gasteiger charge is 2.46. The second-order valence-corrected chi connectivity index (χ2v) is 8.77. The Morgan fingerprint density at radius 2 is 1.43 bits per heavy atom. The molecule has 0 saturated heterocycles. The van der Waals surface area contributed by atoms with Gasteiger partial charge in [-0.05, 0) is 54.1 Å². The van der Waals surface area contributed by atoms with E-state index in [9.17, 15) is 24.0 Å². The Bertz CT molecular complexity index is 1590. The van der Waals surface area contributed by atoms with Crippen molar-refractivity contribution < 1.29 is 28.7 Å². The van der Waals surface area contributed by atoms with E-state index in [1.807, 2.05) is 24.3 Å². The molecule has 1 N–H and O–H groups in total. The summed E-state index contributed by atoms with van der Waals surface area (Å²) in [5.74, 6) is -5.10. The SMILES string of the molecule is CC(=O)c1ccc(NC(=O)C(=O)[C@@H](C(=O)c2ccc3ccccc3c2)[C@@H]2OC(=O)c3ccccc32)cc1. The van der Waals surface area contributed by atoms with Gasteiger partial charge in [0.2, 0.25) is 5.78 Å². The number of cyclic esters (lactones) is 1. The van der Waals surface area contributed by atoms with Gasteiger partial charge in [0.15, 0.2) is 11.6 Å². The lowest BCUT2D eigenvalue weighted by Gasteiger charge is -2.21. The lowest BCUT2D eigenvalue weighted by molar-refractivity contribution is -0.138. The summed E-state index contributed by atoms with van der Waals surface area (Å²) in [6, 6.07) is 25.0. The van der Waals surface area contributed by atoms with Crippen LogP contribution in [0.15, 0.2) is 91.0 Å². The molecule has 182 valence electrons. The van der Waals surface area contributed by atoms with Crippen LogP contribution < -0.4 is 5.32 Å². The Labute approximate surface area is 212 Å². The summed E-state index contributed by atoms with van der Waals surface area (Å²) in [6.45, 7) is 1.42. The topological polar surface area (TPSA) is 107 Å². The summed E-state index contributed by atoms with van der Waals surface area (Å²) in [6.07, 6.45) is -1.25. The molecule has 0 aliphatic carbocycles. The van der Waals surface area contributed by atoms with E-state index in [-0.39, 0.29) is 22.6 Å². The highest BCUT2D eigenvalue weighted by Crippen LogP contribution is 2.38. The number of Topliss-reactive ketones (excluding diaryl/α,β-unsaturated/α-hetero) is 3. The first kappa shape index (κ1) is 23.8. The van der Waals surface area contributed by atoms with Gasteiger partial charge in [0, 0.05) is 22.4 Å². The fourth-order valence-electron chi connectivity index (χ4n) is 4.46. The summed E-state index contributed by atoms with van der Waals surface area (Å²) < 4.78 is 5.49. The number of ketones is 3. The predicted octanol–water partition coefficient (Wildman–Crippen LogP) is 4.96. The van der Waals surface area contributed by atoms with E-state index in [4.69, 9.17) is 4.74 Å². The third-order valence-electron chi connectivity index (χ3n) is 6.40. The zero-order valence-electron chi connectivity index (χ0n) is 19.8. The minimum absolute atomic E-state index is 0.142. The van der Waals surface area contributed by atoms with E-state index >= 15 is 0 Å². The fraction of sp³-hybridized carbons (Fsp3) is 0.100. The van der Waals surface area contributed by atoms with Gasteiger partial charge in [-0.1, -0.05) is 54.6 Å². The number of carbonyl (C=O) groups excluding carboxylic acids is 5. The van der Waals surface area contributed by atoms with Crippen LogP contribution in [0.3, 0.4) is 0 Å². The Hall–Kier alpha value is -4.91. The van der Waals surface area contributed by atoms with Crippen LogP contribution in [-0.2, 0) is 14.3 Å². The van der Waals surface area contributed by atoms with Gasteiger partial charge >= 0.3 is 5.97 Å². The lowest BCUT2D eigenvalue weighted by Crippen LogP contribution is -2.38. The van der Waals surface area contributed by atoms with Gasteiger partial charge in [0.1, 0.15) is 12.0 Å². The van der Waals surface area contributed by atoms with Crippen molar-refractivity contribution in [2.24, 2.45) is 5.92 Å². The Balaban J connectivity index is 1.51. The molecule has 7 nitrogen and oxygen atoms in total. The highest BCUT2D eigenvalue weighted by molar-refractivity contribution is 6.45. The van der Waals surface area contributed by atoms with Gasteiger partial charge in [-0.2, -0.15) is 0 Å². The molecular formula is C30H21NO6. The van der Waals surface area contributed by atoms with Gasteiger partial charge in [0.25, 0.3) is 5.91 Å². The Morgan fingerprint density at radius 1 is 0.784 bits per heavy atom. The average molecular weight is 491 g/mol. The third-order valence-corrected chi connectivity index (χ3v) is 6.40. The summed E-state index contributed by atoms with van der Waals surface area (Å²) in [5.41, 5.74) is 1.57. The van der Waals surface area contributed by atoms with Crippen molar-refractivity contribution >= 4 is 45.7 Å². The summed E-state index contributed by atoms with van der Waals surface area (Å²) in [4.78, 5) is 64.4. The van der Waals surface area contributed by atoms with Crippen LogP contribution in [-0.4, -0.2) is 29.2 Å². The molecule has 1 amide bonds. The molecular weight excluding hydrogens is 470 g/mol. The van der Waals surface area contributed by atoms with Crippen molar-refractivity contribution in [2.75, 3.05) is 5.32 Å². The van der Waals surface area contributed by atoms with Gasteiger partial charge in [0.05, 0.1) is 5.56 Å². The molecule has 1 aliphatic heterocycles. The molecule has 1 heterocycles. The van der Waals surface area contributed by atoms with Gasteiger partial charge in [-0.3, -0.25) is 19.2 Å². The number of rotatable bonds is 7. The normalized spacial score (nSPS) is 14.9. The number of anilines is 1. The number of esters is 1. The molecule has 0 unspecified atom stereocenters. The monoisotopic (exact) mass is 491 g/mol. The van der Waals surface area contributed by atoms with Gasteiger partial charge < -0.3 is 10.1 Å². The number of hydrogen-bond donors (Lipinski definition) is 1. The van der Waals surface area contributed by atoms with Crippen molar-refractivity contribution in [1.29, 1.82) is 0 Å². The van der Waals surface area contributed by atoms with E-state index in [1.54, 1.807) is 42.5 Å². The number of ether oxygens (including phenoxy) is 1. The maximum Gasteiger partial charge on any atom is 0.339 e. The second kappa shape index (κ2) is 9.62. The summed E-state index contributed by atoms with van der Waals surface area (Å²) in [5, 5.41) is 4.19. The molecule has 7 heteroatoms. The largest absolute Gasteiger partial charge is 0.453 e. The van der Waals surface area contributed by atoms with Crippen LogP contribution in [0, 0.1) is 5.92 Å². The minimum atomic E-state index is -1.59. The molecule has 0 spiro atoms. The quantitative estimate of drug-likeness (QED) is 0.169. The van der Waals surface area contributed by atoms with Crippen molar-refractivity contribution in [3.05, 3.63) is 113 Å². The maximum absolute atomic E-state index is 13.8. The van der Waals surface area contributed by atoms with Crippen molar-refractivity contribution in [1.82, 2.24) is 0 Å². The zero-order valence-corrected chi connectivity index (χ0v) is 19.8. The van der Waals surface area contributed by atoms with Crippen molar-refractivity contribution in [2.45, 2.75) is 13.0 Å². The lowest BCUT2D eigenvalue weighted by atomic mass is 9.84. The molecule has 0 aromatic heterocycles. The minimum Gasteiger partial charge on any atom is -0.453 e. The molecule has 4 aromatic carbocycles. The van der Waals surface area contributed by atoms with E-state index in [0.717, 1.165) is 10.8 Å². The van der Waals surface area contributed by atoms with Crippen LogP contribution >= 0.6 is 0 Å². The molecule has 37 heavy (non-hydrogen) atoms. The average Bonchev–Trinajstić information content (AvgIpc) is 3.24. The highest BCUT2D eigenvalue weighted by atomic mass is 16.5. The molecule has 0 bridgehead atoms. The first-order chi connectivity index (χ1) is 17.8. The number of carbonyl (C=O) groups is 5. The second-order valence-electron chi connectivity index (χ2n) is 8.77. The molecule has 2 atom stereocenters. The van der Waals surface area contributed by atoms with Crippen LogP contribution in [0.2, 0.25) is 0 Å². The Morgan fingerprint density at radius 3 is 2.16 bits per heavy atom. The fourth-order valence-corrected chi connectivity index (χ4v) is 4.46. The number of fused-ring (bicyclic) bond motifs is 2. The summed E-state index contributed by atoms with van der Waals surface area (Å²) in [7, 11) is 0. The van der Waals surface area contributed by atoms with E-state index < -0.39 is 35.5 Å². The number of nitrogens with one attached hydrogen (secondary N) is 1. The molecule has 1 aliphatic rings. The van der Waals surface area contributed by atoms with E-state index in [1.165, 1.54) is 31.2 Å². The first-order valence-corrected chi connectivity index (χ1v) is 11.6. The Kier molecular flexibility index (Phi) is 6.19. The number of benzene rings is 4. The third kappa shape index (κ3) is 4.54. The zero-order chi connectivity index (χ0) is 26.1. The standard InChI is InChI=1S/C30H21NO6/c1-17(32)18-12-14-22(15-13-18)31-29(35)27(34)25(28-23-8-4-5-9-24(23)30(36)37-28)26(33)21-11-10-19-6-2-3-7-20(19)16-21/h2-16,25,28H,1H3,(H,31,35)/t25-,28-/m1/s1. The van der Waals surface area contributed by atoms with E-state index in [0.29, 0.717) is 11.1 Å². The summed E-state index contributed by atoms with van der Waals surface area (Å²) >= 11 is 0. The number of hydrogen-bond acceptors (Lipinski definition) is 6. The predicted molar refractivity (Wildman–Crippen MR) is 136 cm³/mol. The van der Waals surface area contributed by atoms with Crippen LogP contribution in [0.25, 0.3) is 10.8 Å². The smallest absolute Gasteiger partial charge is 0.339 e. The van der Waals surface area contributed by atoms with Gasteiger partial charge in [-0.15, -0.1) is 0 Å². The van der Waals surface area contributed by atoms with Crippen LogP contribution in [0.4, 0.5) is 5.69 Å². The van der Waals surface area contributed by atoms with Crippen LogP contribution in [0.1, 0.15) is 49.7 Å². The van der Waals surface area contributed by atoms with Gasteiger partial charge in [-0.25, -0.2) is 4.79 Å². The molecule has 4 aromatic rings. The van der Waals surface area contributed by atoms with Crippen molar-refractivity contribution in [3.63, 3.8) is 0 Å². The number of amides is 1. The van der Waals surface area contributed by atoms with E-state index in [2.05, 4.69) is 5.32 Å². The molecule has 0 saturated carbocycles. The first-order valence-electron chi connectivity index (χ1n) is 11.6. The maximum atomic E-state index is 13.8. The van der Waals surface area contributed by atoms with Crippen molar-refractivity contribution in [3.8, 4) is 0 Å². The molecule has 0 radical (unpaired) electrons. The molecule has 5 rings (SSSR count). The molecule has 0 fully saturated rings.